The van der Waals surface area contributed by atoms with Gasteiger partial charge in [0.1, 0.15) is 6.07 Å². The Bertz CT molecular complexity index is 794. The van der Waals surface area contributed by atoms with E-state index in [1.54, 1.807) is 28.8 Å². The van der Waals surface area contributed by atoms with Crippen molar-refractivity contribution < 1.29 is 4.79 Å². The van der Waals surface area contributed by atoms with Crippen LogP contribution in [0.4, 0.5) is 0 Å². The summed E-state index contributed by atoms with van der Waals surface area (Å²) in [5.41, 5.74) is 2.40. The lowest BCUT2D eigenvalue weighted by molar-refractivity contribution is 0.103. The maximum Gasteiger partial charge on any atom is 0.209 e. The number of nitriles is 1. The quantitative estimate of drug-likeness (QED) is 0.652. The highest BCUT2D eigenvalue weighted by Crippen LogP contribution is 2.19. The molecular weight excluding hydrogens is 236 g/mol. The highest BCUT2D eigenvalue weighted by molar-refractivity contribution is 6.09. The molecule has 3 aromatic rings. The molecule has 0 saturated heterocycles. The molecule has 0 spiro atoms. The number of ketones is 1. The van der Waals surface area contributed by atoms with Crippen molar-refractivity contribution in [3.8, 4) is 6.07 Å². The third-order valence-corrected chi connectivity index (χ3v) is 3.07. The topological polar surface area (TPSA) is 45.3 Å². The number of fused-ring (bicyclic) bond motifs is 1. The van der Waals surface area contributed by atoms with E-state index in [1.165, 1.54) is 0 Å². The molecule has 19 heavy (non-hydrogen) atoms. The molecule has 0 aliphatic carbocycles. The Morgan fingerprint density at radius 2 is 1.79 bits per heavy atom. The number of hydrogen-bond acceptors (Lipinski definition) is 2. The van der Waals surface area contributed by atoms with Gasteiger partial charge in [-0.1, -0.05) is 36.4 Å². The minimum Gasteiger partial charge on any atom is -0.312 e. The molecule has 0 radical (unpaired) electrons. The normalized spacial score (nSPS) is 10.3. The Morgan fingerprint density at radius 1 is 1.05 bits per heavy atom. The Labute approximate surface area is 110 Å². The summed E-state index contributed by atoms with van der Waals surface area (Å²) in [6, 6.07) is 18.4. The van der Waals surface area contributed by atoms with Gasteiger partial charge in [-0.2, -0.15) is 5.26 Å². The summed E-state index contributed by atoms with van der Waals surface area (Å²) in [6.45, 7) is 0. The second kappa shape index (κ2) is 4.43. The molecule has 2 aromatic heterocycles. The van der Waals surface area contributed by atoms with Crippen LogP contribution >= 0.6 is 0 Å². The van der Waals surface area contributed by atoms with Crippen LogP contribution in [-0.2, 0) is 0 Å². The van der Waals surface area contributed by atoms with Crippen LogP contribution in [0.15, 0.2) is 60.8 Å². The van der Waals surface area contributed by atoms with Crippen LogP contribution in [0.1, 0.15) is 21.6 Å². The van der Waals surface area contributed by atoms with E-state index in [-0.39, 0.29) is 5.78 Å². The molecule has 0 amide bonds. The van der Waals surface area contributed by atoms with Gasteiger partial charge in [0.2, 0.25) is 5.78 Å². The van der Waals surface area contributed by atoms with E-state index in [0.717, 1.165) is 5.52 Å². The maximum atomic E-state index is 12.5. The summed E-state index contributed by atoms with van der Waals surface area (Å²) in [7, 11) is 0. The van der Waals surface area contributed by atoms with E-state index in [0.29, 0.717) is 16.8 Å². The number of hydrogen-bond donors (Lipinski definition) is 0. The maximum absolute atomic E-state index is 12.5. The number of aromatic nitrogens is 1. The lowest BCUT2D eigenvalue weighted by Gasteiger charge is -2.01. The van der Waals surface area contributed by atoms with E-state index in [9.17, 15) is 4.79 Å². The van der Waals surface area contributed by atoms with Crippen LogP contribution in [0.25, 0.3) is 5.52 Å². The number of benzene rings is 1. The molecule has 0 atom stereocenters. The first-order valence-electron chi connectivity index (χ1n) is 5.91. The zero-order chi connectivity index (χ0) is 13.2. The zero-order valence-corrected chi connectivity index (χ0v) is 10.1. The summed E-state index contributed by atoms with van der Waals surface area (Å²) in [5, 5.41) is 9.13. The Balaban J connectivity index is 2.22. The van der Waals surface area contributed by atoms with Crippen LogP contribution in [-0.4, -0.2) is 10.2 Å². The molecule has 90 valence electrons. The Hall–Kier alpha value is -2.86. The van der Waals surface area contributed by atoms with Crippen molar-refractivity contribution in [2.24, 2.45) is 0 Å². The molecule has 1 aromatic carbocycles. The minimum absolute atomic E-state index is 0.0803. The smallest absolute Gasteiger partial charge is 0.209 e. The van der Waals surface area contributed by atoms with Gasteiger partial charge in [-0.15, -0.1) is 0 Å². The predicted molar refractivity (Wildman–Crippen MR) is 72.0 cm³/mol. The van der Waals surface area contributed by atoms with Crippen molar-refractivity contribution in [3.63, 3.8) is 0 Å². The van der Waals surface area contributed by atoms with Crippen LogP contribution < -0.4 is 0 Å². The van der Waals surface area contributed by atoms with Gasteiger partial charge in [0.15, 0.2) is 0 Å². The number of carbonyl (C=O) groups excluding carboxylic acids is 1. The van der Waals surface area contributed by atoms with E-state index in [4.69, 9.17) is 5.26 Å². The summed E-state index contributed by atoms with van der Waals surface area (Å²) in [6.07, 6.45) is 1.80. The predicted octanol–water partition coefficient (Wildman–Crippen LogP) is 3.04. The summed E-state index contributed by atoms with van der Waals surface area (Å²) < 4.78 is 1.76. The SMILES string of the molecule is N#Cc1cc(C(=O)c2ccccc2)n2ccccc12. The van der Waals surface area contributed by atoms with Gasteiger partial charge >= 0.3 is 0 Å². The van der Waals surface area contributed by atoms with Gasteiger partial charge < -0.3 is 4.40 Å². The van der Waals surface area contributed by atoms with E-state index < -0.39 is 0 Å². The van der Waals surface area contributed by atoms with Crippen molar-refractivity contribution in [2.75, 3.05) is 0 Å². The minimum atomic E-state index is -0.0803. The first-order valence-corrected chi connectivity index (χ1v) is 5.91. The summed E-state index contributed by atoms with van der Waals surface area (Å²) in [5.74, 6) is -0.0803. The molecule has 0 bridgehead atoms. The Morgan fingerprint density at radius 3 is 2.53 bits per heavy atom. The van der Waals surface area contributed by atoms with Crippen molar-refractivity contribution in [2.45, 2.75) is 0 Å². The van der Waals surface area contributed by atoms with Gasteiger partial charge in [-0.05, 0) is 18.2 Å². The largest absolute Gasteiger partial charge is 0.312 e. The fourth-order valence-electron chi connectivity index (χ4n) is 2.15. The molecule has 0 fully saturated rings. The third-order valence-electron chi connectivity index (χ3n) is 3.07. The average molecular weight is 246 g/mol. The van der Waals surface area contributed by atoms with Gasteiger partial charge in [0, 0.05) is 11.8 Å². The van der Waals surface area contributed by atoms with Gasteiger partial charge in [-0.3, -0.25) is 4.79 Å². The second-order valence-corrected chi connectivity index (χ2v) is 4.21. The molecule has 0 unspecified atom stereocenters. The summed E-state index contributed by atoms with van der Waals surface area (Å²) >= 11 is 0. The first kappa shape index (κ1) is 11.2. The molecule has 0 aliphatic rings. The monoisotopic (exact) mass is 246 g/mol. The highest BCUT2D eigenvalue weighted by atomic mass is 16.1. The molecule has 3 rings (SSSR count). The molecule has 3 nitrogen and oxygen atoms in total. The van der Waals surface area contributed by atoms with Crippen molar-refractivity contribution >= 4 is 11.3 Å². The number of rotatable bonds is 2. The van der Waals surface area contributed by atoms with Crippen molar-refractivity contribution in [3.05, 3.63) is 77.6 Å². The summed E-state index contributed by atoms with van der Waals surface area (Å²) in [4.78, 5) is 12.5. The lowest BCUT2D eigenvalue weighted by Crippen LogP contribution is -2.04. The van der Waals surface area contributed by atoms with Gasteiger partial charge in [0.05, 0.1) is 16.8 Å². The van der Waals surface area contributed by atoms with Gasteiger partial charge in [-0.25, -0.2) is 0 Å². The van der Waals surface area contributed by atoms with E-state index in [1.807, 2.05) is 36.4 Å². The second-order valence-electron chi connectivity index (χ2n) is 4.21. The lowest BCUT2D eigenvalue weighted by atomic mass is 10.1. The van der Waals surface area contributed by atoms with Crippen molar-refractivity contribution in [1.82, 2.24) is 4.40 Å². The average Bonchev–Trinajstić information content (AvgIpc) is 2.86. The molecular formula is C16H10N2O. The molecule has 2 heterocycles. The molecule has 3 heteroatoms. The number of pyridine rings is 1. The number of nitrogens with zero attached hydrogens (tertiary/aromatic N) is 2. The molecule has 0 N–H and O–H groups in total. The standard InChI is InChI=1S/C16H10N2O/c17-11-13-10-15(18-9-5-4-8-14(13)18)16(19)12-6-2-1-3-7-12/h1-10H. The Kier molecular flexibility index (Phi) is 2.62. The van der Waals surface area contributed by atoms with Crippen molar-refractivity contribution in [1.29, 1.82) is 5.26 Å². The van der Waals surface area contributed by atoms with E-state index in [2.05, 4.69) is 6.07 Å². The van der Waals surface area contributed by atoms with Crippen LogP contribution in [0, 0.1) is 11.3 Å². The molecule has 0 saturated carbocycles. The fourth-order valence-corrected chi connectivity index (χ4v) is 2.15. The van der Waals surface area contributed by atoms with Crippen LogP contribution in [0.2, 0.25) is 0 Å². The highest BCUT2D eigenvalue weighted by Gasteiger charge is 2.16. The van der Waals surface area contributed by atoms with Gasteiger partial charge in [0.25, 0.3) is 0 Å². The van der Waals surface area contributed by atoms with Crippen LogP contribution in [0.5, 0.6) is 0 Å². The third kappa shape index (κ3) is 1.80. The number of carbonyl (C=O) groups is 1. The van der Waals surface area contributed by atoms with Crippen LogP contribution in [0.3, 0.4) is 0 Å². The fraction of sp³-hybridized carbons (Fsp3) is 0. The van der Waals surface area contributed by atoms with E-state index >= 15 is 0 Å². The molecule has 0 aliphatic heterocycles. The zero-order valence-electron chi connectivity index (χ0n) is 10.1. The first-order chi connectivity index (χ1) is 9.31.